The van der Waals surface area contributed by atoms with Crippen LogP contribution in [0.1, 0.15) is 63.1 Å². The fourth-order valence-corrected chi connectivity index (χ4v) is 4.26. The SMILES string of the molecule is CCCc1c[nH]c2cc3c(cc12)CC(N(CCC)CCC)CC3. The van der Waals surface area contributed by atoms with Crippen LogP contribution < -0.4 is 0 Å². The van der Waals surface area contributed by atoms with Crippen LogP contribution in [-0.2, 0) is 19.3 Å². The number of hydrogen-bond acceptors (Lipinski definition) is 1. The maximum Gasteiger partial charge on any atom is 0.0459 e. The number of fused-ring (bicyclic) bond motifs is 2. The normalized spacial score (nSPS) is 17.8. The largest absolute Gasteiger partial charge is 0.361 e. The van der Waals surface area contributed by atoms with Gasteiger partial charge in [-0.3, -0.25) is 0 Å². The average molecular weight is 313 g/mol. The van der Waals surface area contributed by atoms with E-state index in [9.17, 15) is 0 Å². The Morgan fingerprint density at radius 2 is 1.83 bits per heavy atom. The number of hydrogen-bond donors (Lipinski definition) is 1. The van der Waals surface area contributed by atoms with Crippen molar-refractivity contribution in [1.29, 1.82) is 0 Å². The molecule has 0 radical (unpaired) electrons. The molecule has 2 aromatic rings. The zero-order chi connectivity index (χ0) is 16.2. The maximum atomic E-state index is 3.49. The summed E-state index contributed by atoms with van der Waals surface area (Å²) in [7, 11) is 0. The fraction of sp³-hybridized carbons (Fsp3) is 0.619. The van der Waals surface area contributed by atoms with Gasteiger partial charge in [-0.05, 0) is 80.4 Å². The van der Waals surface area contributed by atoms with E-state index in [1.54, 1.807) is 11.1 Å². The molecular weight excluding hydrogens is 280 g/mol. The summed E-state index contributed by atoms with van der Waals surface area (Å²) in [5.41, 5.74) is 6.01. The van der Waals surface area contributed by atoms with Crippen LogP contribution in [0.25, 0.3) is 10.9 Å². The first-order valence-corrected chi connectivity index (χ1v) is 9.62. The molecule has 0 amide bonds. The monoisotopic (exact) mass is 312 g/mol. The minimum atomic E-state index is 0.744. The van der Waals surface area contributed by atoms with Crippen molar-refractivity contribution < 1.29 is 0 Å². The number of nitrogens with zero attached hydrogens (tertiary/aromatic N) is 1. The van der Waals surface area contributed by atoms with Crippen LogP contribution in [-0.4, -0.2) is 29.0 Å². The van der Waals surface area contributed by atoms with E-state index in [1.807, 2.05) is 0 Å². The van der Waals surface area contributed by atoms with Gasteiger partial charge in [-0.1, -0.05) is 27.2 Å². The van der Waals surface area contributed by atoms with Crippen LogP contribution in [0.5, 0.6) is 0 Å². The van der Waals surface area contributed by atoms with Gasteiger partial charge in [-0.2, -0.15) is 0 Å². The molecule has 23 heavy (non-hydrogen) atoms. The molecular formula is C21H32N2. The second-order valence-electron chi connectivity index (χ2n) is 7.16. The second kappa shape index (κ2) is 7.53. The summed E-state index contributed by atoms with van der Waals surface area (Å²) in [4.78, 5) is 6.22. The molecule has 0 saturated carbocycles. The summed E-state index contributed by atoms with van der Waals surface area (Å²) in [6.07, 6.45) is 10.9. The Morgan fingerprint density at radius 1 is 1.04 bits per heavy atom. The number of aromatic nitrogens is 1. The van der Waals surface area contributed by atoms with E-state index in [0.717, 1.165) is 6.04 Å². The number of aryl methyl sites for hydroxylation is 2. The molecule has 3 rings (SSSR count). The van der Waals surface area contributed by atoms with Crippen LogP contribution in [0.2, 0.25) is 0 Å². The molecule has 1 N–H and O–H groups in total. The predicted molar refractivity (Wildman–Crippen MR) is 100 cm³/mol. The van der Waals surface area contributed by atoms with Crippen LogP contribution in [0.15, 0.2) is 18.3 Å². The number of rotatable bonds is 7. The number of H-pyrrole nitrogens is 1. The molecule has 0 aliphatic heterocycles. The Kier molecular flexibility index (Phi) is 5.42. The van der Waals surface area contributed by atoms with Gasteiger partial charge in [-0.15, -0.1) is 0 Å². The van der Waals surface area contributed by atoms with Crippen LogP contribution in [0.4, 0.5) is 0 Å². The molecule has 1 aromatic heterocycles. The standard InChI is InChI=1S/C21H32N2/c1-4-7-17-15-22-21-14-16-8-9-19(12-18(16)13-20(17)21)23(10-5-2)11-6-3/h13-15,19,22H,4-12H2,1-3H3. The lowest BCUT2D eigenvalue weighted by Crippen LogP contribution is -2.40. The quantitative estimate of drug-likeness (QED) is 0.753. The van der Waals surface area contributed by atoms with Gasteiger partial charge in [0.1, 0.15) is 0 Å². The molecule has 2 nitrogen and oxygen atoms in total. The first kappa shape index (κ1) is 16.6. The van der Waals surface area contributed by atoms with Gasteiger partial charge < -0.3 is 9.88 Å². The van der Waals surface area contributed by atoms with Crippen LogP contribution in [0.3, 0.4) is 0 Å². The number of nitrogens with one attached hydrogen (secondary N) is 1. The highest BCUT2D eigenvalue weighted by atomic mass is 15.1. The zero-order valence-electron chi connectivity index (χ0n) is 15.1. The van der Waals surface area contributed by atoms with Gasteiger partial charge >= 0.3 is 0 Å². The molecule has 0 spiro atoms. The summed E-state index contributed by atoms with van der Waals surface area (Å²) in [5.74, 6) is 0. The van der Waals surface area contributed by atoms with Crippen molar-refractivity contribution >= 4 is 10.9 Å². The highest BCUT2D eigenvalue weighted by Gasteiger charge is 2.24. The first-order valence-electron chi connectivity index (χ1n) is 9.62. The predicted octanol–water partition coefficient (Wildman–Crippen LogP) is 5.10. The van der Waals surface area contributed by atoms with Gasteiger partial charge in [0.2, 0.25) is 0 Å². The third-order valence-electron chi connectivity index (χ3n) is 5.35. The van der Waals surface area contributed by atoms with Crippen molar-refractivity contribution in [3.63, 3.8) is 0 Å². The molecule has 0 saturated heterocycles. The van der Waals surface area contributed by atoms with Crippen molar-refractivity contribution in [1.82, 2.24) is 9.88 Å². The Labute approximate surface area is 141 Å². The third-order valence-corrected chi connectivity index (χ3v) is 5.35. The van der Waals surface area contributed by atoms with E-state index >= 15 is 0 Å². The van der Waals surface area contributed by atoms with E-state index in [4.69, 9.17) is 0 Å². The molecule has 1 atom stereocenters. The van der Waals surface area contributed by atoms with Crippen molar-refractivity contribution in [3.8, 4) is 0 Å². The number of benzene rings is 1. The van der Waals surface area contributed by atoms with E-state index in [2.05, 4.69) is 49.0 Å². The first-order chi connectivity index (χ1) is 11.3. The van der Waals surface area contributed by atoms with Gasteiger partial charge in [0.15, 0.2) is 0 Å². The summed E-state index contributed by atoms with van der Waals surface area (Å²) >= 11 is 0. The Balaban J connectivity index is 1.86. The molecule has 1 unspecified atom stereocenters. The summed E-state index contributed by atoms with van der Waals surface area (Å²) < 4.78 is 0. The molecule has 1 heterocycles. The molecule has 1 aliphatic rings. The van der Waals surface area contributed by atoms with Gasteiger partial charge in [0, 0.05) is 23.1 Å². The lowest BCUT2D eigenvalue weighted by Gasteiger charge is -2.35. The van der Waals surface area contributed by atoms with E-state index in [1.165, 1.54) is 74.5 Å². The van der Waals surface area contributed by atoms with E-state index in [0.29, 0.717) is 0 Å². The molecule has 126 valence electrons. The molecule has 0 fully saturated rings. The van der Waals surface area contributed by atoms with Crippen molar-refractivity contribution in [2.45, 2.75) is 71.8 Å². The number of aromatic amines is 1. The fourth-order valence-electron chi connectivity index (χ4n) is 4.26. The Bertz CT molecular complexity index is 635. The second-order valence-corrected chi connectivity index (χ2v) is 7.16. The van der Waals surface area contributed by atoms with Gasteiger partial charge in [-0.25, -0.2) is 0 Å². The summed E-state index contributed by atoms with van der Waals surface area (Å²) in [5, 5.41) is 1.46. The topological polar surface area (TPSA) is 19.0 Å². The molecule has 0 bridgehead atoms. The third kappa shape index (κ3) is 3.47. The Hall–Kier alpha value is -1.28. The highest BCUT2D eigenvalue weighted by molar-refractivity contribution is 5.85. The lowest BCUT2D eigenvalue weighted by molar-refractivity contribution is 0.180. The van der Waals surface area contributed by atoms with Crippen LogP contribution in [0, 0.1) is 0 Å². The van der Waals surface area contributed by atoms with Crippen LogP contribution >= 0.6 is 0 Å². The molecule has 1 aromatic carbocycles. The zero-order valence-corrected chi connectivity index (χ0v) is 15.1. The van der Waals surface area contributed by atoms with Crippen molar-refractivity contribution in [3.05, 3.63) is 35.0 Å². The highest BCUT2D eigenvalue weighted by Crippen LogP contribution is 2.30. The Morgan fingerprint density at radius 3 is 2.52 bits per heavy atom. The minimum Gasteiger partial charge on any atom is -0.361 e. The van der Waals surface area contributed by atoms with Crippen molar-refractivity contribution in [2.75, 3.05) is 13.1 Å². The summed E-state index contributed by atoms with van der Waals surface area (Å²) in [6, 6.07) is 5.66. The average Bonchev–Trinajstić information content (AvgIpc) is 2.94. The lowest BCUT2D eigenvalue weighted by atomic mass is 9.86. The van der Waals surface area contributed by atoms with Gasteiger partial charge in [0.05, 0.1) is 0 Å². The summed E-state index contributed by atoms with van der Waals surface area (Å²) in [6.45, 7) is 9.38. The van der Waals surface area contributed by atoms with Gasteiger partial charge in [0.25, 0.3) is 0 Å². The molecule has 2 heteroatoms. The minimum absolute atomic E-state index is 0.744. The maximum absolute atomic E-state index is 3.49. The smallest absolute Gasteiger partial charge is 0.0459 e. The van der Waals surface area contributed by atoms with E-state index < -0.39 is 0 Å². The van der Waals surface area contributed by atoms with E-state index in [-0.39, 0.29) is 0 Å². The van der Waals surface area contributed by atoms with Crippen molar-refractivity contribution in [2.24, 2.45) is 0 Å². The molecule has 1 aliphatic carbocycles.